The highest BCUT2D eigenvalue weighted by Crippen LogP contribution is 2.24. The maximum Gasteiger partial charge on any atom is 0.224 e. The lowest BCUT2D eigenvalue weighted by Gasteiger charge is -2.28. The van der Waals surface area contributed by atoms with E-state index in [2.05, 4.69) is 20.6 Å². The van der Waals surface area contributed by atoms with Crippen LogP contribution in [0, 0.1) is 0 Å². The highest BCUT2D eigenvalue weighted by Gasteiger charge is 2.22. The van der Waals surface area contributed by atoms with Crippen LogP contribution >= 0.6 is 11.6 Å². The summed E-state index contributed by atoms with van der Waals surface area (Å²) in [6, 6.07) is 0. The molecule has 96 valence electrons. The van der Waals surface area contributed by atoms with Crippen LogP contribution in [-0.2, 0) is 0 Å². The number of hydrogen-bond donors (Lipinski definition) is 3. The summed E-state index contributed by atoms with van der Waals surface area (Å²) in [5, 5.41) is 16.0. The summed E-state index contributed by atoms with van der Waals surface area (Å²) >= 11 is 6.02. The number of halogens is 1. The predicted octanol–water partition coefficient (Wildman–Crippen LogP) is 2.13. The van der Waals surface area contributed by atoms with E-state index in [1.54, 1.807) is 6.20 Å². The highest BCUT2D eigenvalue weighted by atomic mass is 35.5. The molecule has 0 fully saturated rings. The smallest absolute Gasteiger partial charge is 0.224 e. The van der Waals surface area contributed by atoms with E-state index in [-0.39, 0.29) is 6.61 Å². The largest absolute Gasteiger partial charge is 0.394 e. The normalized spacial score (nSPS) is 14.2. The van der Waals surface area contributed by atoms with Gasteiger partial charge in [-0.2, -0.15) is 4.98 Å². The van der Waals surface area contributed by atoms with Gasteiger partial charge in [-0.25, -0.2) is 4.98 Å². The first-order valence-corrected chi connectivity index (χ1v) is 6.08. The molecule has 0 saturated heterocycles. The average Bonchev–Trinajstić information content (AvgIpc) is 2.33. The van der Waals surface area contributed by atoms with E-state index in [1.165, 1.54) is 0 Å². The van der Waals surface area contributed by atoms with Gasteiger partial charge >= 0.3 is 0 Å². The molecule has 0 aromatic carbocycles. The lowest BCUT2D eigenvalue weighted by atomic mass is 10.0. The third kappa shape index (κ3) is 3.71. The molecule has 1 rings (SSSR count). The van der Waals surface area contributed by atoms with E-state index in [4.69, 9.17) is 11.6 Å². The van der Waals surface area contributed by atoms with Gasteiger partial charge in [0, 0.05) is 6.54 Å². The molecule has 0 aliphatic carbocycles. The maximum absolute atomic E-state index is 9.35. The standard InChI is InChI=1S/C11H19ClN4O/c1-4-11(3,7-17)16-9-8(12)6-14-10(15-9)13-5-2/h6,17H,4-5,7H2,1-3H3,(H2,13,14,15,16). The van der Waals surface area contributed by atoms with Gasteiger partial charge in [0.25, 0.3) is 0 Å². The van der Waals surface area contributed by atoms with Crippen molar-refractivity contribution in [2.24, 2.45) is 0 Å². The second kappa shape index (κ2) is 6.02. The van der Waals surface area contributed by atoms with E-state index >= 15 is 0 Å². The zero-order valence-electron chi connectivity index (χ0n) is 10.4. The van der Waals surface area contributed by atoms with Gasteiger partial charge in [-0.05, 0) is 20.3 Å². The molecule has 0 spiro atoms. The molecule has 0 bridgehead atoms. The van der Waals surface area contributed by atoms with Crippen LogP contribution in [0.5, 0.6) is 0 Å². The second-order valence-electron chi connectivity index (χ2n) is 4.12. The molecule has 0 aliphatic rings. The summed E-state index contributed by atoms with van der Waals surface area (Å²) in [4.78, 5) is 8.32. The van der Waals surface area contributed by atoms with E-state index in [9.17, 15) is 5.11 Å². The molecular formula is C11H19ClN4O. The Kier molecular flexibility index (Phi) is 4.96. The fraction of sp³-hybridized carbons (Fsp3) is 0.636. The molecule has 1 heterocycles. The van der Waals surface area contributed by atoms with Gasteiger partial charge in [0.15, 0.2) is 5.82 Å². The maximum atomic E-state index is 9.35. The summed E-state index contributed by atoms with van der Waals surface area (Å²) in [5.41, 5.74) is -0.429. The van der Waals surface area contributed by atoms with Gasteiger partial charge in [-0.3, -0.25) is 0 Å². The summed E-state index contributed by atoms with van der Waals surface area (Å²) in [6.45, 7) is 6.63. The second-order valence-corrected chi connectivity index (χ2v) is 4.53. The number of aromatic nitrogens is 2. The Hall–Kier alpha value is -1.07. The number of nitrogens with one attached hydrogen (secondary N) is 2. The monoisotopic (exact) mass is 258 g/mol. The third-order valence-electron chi connectivity index (χ3n) is 2.63. The van der Waals surface area contributed by atoms with E-state index in [1.807, 2.05) is 20.8 Å². The van der Waals surface area contributed by atoms with Gasteiger partial charge in [-0.1, -0.05) is 18.5 Å². The number of hydrogen-bond acceptors (Lipinski definition) is 5. The Balaban J connectivity index is 2.92. The van der Waals surface area contributed by atoms with Crippen molar-refractivity contribution in [2.75, 3.05) is 23.8 Å². The number of anilines is 2. The molecule has 6 heteroatoms. The lowest BCUT2D eigenvalue weighted by molar-refractivity contribution is 0.218. The minimum Gasteiger partial charge on any atom is -0.394 e. The van der Waals surface area contributed by atoms with Crippen LogP contribution in [0.1, 0.15) is 27.2 Å². The van der Waals surface area contributed by atoms with Crippen molar-refractivity contribution < 1.29 is 5.11 Å². The Labute approximate surface area is 107 Å². The molecule has 1 aromatic rings. The van der Waals surface area contributed by atoms with E-state index in [0.29, 0.717) is 16.8 Å². The van der Waals surface area contributed by atoms with Crippen molar-refractivity contribution in [2.45, 2.75) is 32.7 Å². The zero-order valence-corrected chi connectivity index (χ0v) is 11.2. The quantitative estimate of drug-likeness (QED) is 0.729. The highest BCUT2D eigenvalue weighted by molar-refractivity contribution is 6.32. The molecule has 0 radical (unpaired) electrons. The van der Waals surface area contributed by atoms with Crippen molar-refractivity contribution in [1.82, 2.24) is 9.97 Å². The summed E-state index contributed by atoms with van der Waals surface area (Å²) in [6.07, 6.45) is 2.31. The predicted molar refractivity (Wildman–Crippen MR) is 70.6 cm³/mol. The number of aliphatic hydroxyl groups is 1. The molecule has 0 aliphatic heterocycles. The minimum absolute atomic E-state index is 0.0143. The first kappa shape index (κ1) is 14.0. The Bertz CT molecular complexity index is 368. The van der Waals surface area contributed by atoms with Crippen LogP contribution in [0.15, 0.2) is 6.20 Å². The van der Waals surface area contributed by atoms with E-state index in [0.717, 1.165) is 13.0 Å². The Morgan fingerprint density at radius 2 is 2.18 bits per heavy atom. The first-order chi connectivity index (χ1) is 8.04. The Morgan fingerprint density at radius 1 is 1.47 bits per heavy atom. The molecule has 0 saturated carbocycles. The third-order valence-corrected chi connectivity index (χ3v) is 2.91. The molecule has 0 amide bonds. The molecule has 5 nitrogen and oxygen atoms in total. The summed E-state index contributed by atoms with van der Waals surface area (Å²) in [7, 11) is 0. The zero-order chi connectivity index (χ0) is 12.9. The SMILES string of the molecule is CCNc1ncc(Cl)c(NC(C)(CC)CO)n1. The van der Waals surface area contributed by atoms with Crippen molar-refractivity contribution in [1.29, 1.82) is 0 Å². The van der Waals surface area contributed by atoms with Gasteiger partial charge in [0.1, 0.15) is 5.02 Å². The van der Waals surface area contributed by atoms with Gasteiger partial charge < -0.3 is 15.7 Å². The minimum atomic E-state index is -0.429. The number of rotatable bonds is 6. The van der Waals surface area contributed by atoms with Crippen molar-refractivity contribution in [3.05, 3.63) is 11.2 Å². The first-order valence-electron chi connectivity index (χ1n) is 5.70. The van der Waals surface area contributed by atoms with Crippen molar-refractivity contribution in [3.63, 3.8) is 0 Å². The summed E-state index contributed by atoms with van der Waals surface area (Å²) < 4.78 is 0. The van der Waals surface area contributed by atoms with Crippen LogP contribution in [0.4, 0.5) is 11.8 Å². The number of nitrogens with zero attached hydrogens (tertiary/aromatic N) is 2. The topological polar surface area (TPSA) is 70.1 Å². The van der Waals surface area contributed by atoms with Crippen molar-refractivity contribution in [3.8, 4) is 0 Å². The van der Waals surface area contributed by atoms with Gasteiger partial charge in [-0.15, -0.1) is 0 Å². The van der Waals surface area contributed by atoms with Gasteiger partial charge in [0.05, 0.1) is 18.3 Å². The molecular weight excluding hydrogens is 240 g/mol. The Morgan fingerprint density at radius 3 is 2.71 bits per heavy atom. The molecule has 3 N–H and O–H groups in total. The van der Waals surface area contributed by atoms with Crippen LogP contribution < -0.4 is 10.6 Å². The summed E-state index contributed by atoms with van der Waals surface area (Å²) in [5.74, 6) is 1.06. The van der Waals surface area contributed by atoms with Crippen LogP contribution in [0.3, 0.4) is 0 Å². The van der Waals surface area contributed by atoms with Crippen molar-refractivity contribution >= 4 is 23.4 Å². The van der Waals surface area contributed by atoms with Crippen LogP contribution in [0.25, 0.3) is 0 Å². The van der Waals surface area contributed by atoms with E-state index < -0.39 is 5.54 Å². The van der Waals surface area contributed by atoms with Crippen LogP contribution in [-0.4, -0.2) is 33.8 Å². The molecule has 1 aromatic heterocycles. The van der Waals surface area contributed by atoms with Gasteiger partial charge in [0.2, 0.25) is 5.95 Å². The van der Waals surface area contributed by atoms with Crippen LogP contribution in [0.2, 0.25) is 5.02 Å². The lowest BCUT2D eigenvalue weighted by Crippen LogP contribution is -2.38. The molecule has 1 atom stereocenters. The molecule has 1 unspecified atom stereocenters. The number of aliphatic hydroxyl groups excluding tert-OH is 1. The average molecular weight is 259 g/mol. The fourth-order valence-electron chi connectivity index (χ4n) is 1.22. The fourth-order valence-corrected chi connectivity index (χ4v) is 1.36. The molecule has 17 heavy (non-hydrogen) atoms.